The largest absolute Gasteiger partial charge is 0.310 e. The first-order valence-electron chi connectivity index (χ1n) is 7.40. The van der Waals surface area contributed by atoms with Crippen molar-refractivity contribution in [2.24, 2.45) is 0 Å². The fraction of sp³-hybridized carbons (Fsp3) is 0.333. The van der Waals surface area contributed by atoms with Gasteiger partial charge in [-0.05, 0) is 42.1 Å². The molecular weight excluding hydrogens is 268 g/mol. The van der Waals surface area contributed by atoms with Gasteiger partial charge < -0.3 is 5.32 Å². The van der Waals surface area contributed by atoms with Crippen molar-refractivity contribution in [3.63, 3.8) is 0 Å². The third-order valence-corrected chi connectivity index (χ3v) is 3.68. The van der Waals surface area contributed by atoms with Crippen LogP contribution in [0.5, 0.6) is 0 Å². The molecule has 0 fully saturated rings. The quantitative estimate of drug-likeness (QED) is 0.830. The van der Waals surface area contributed by atoms with E-state index in [0.717, 1.165) is 24.6 Å². The molecule has 0 amide bonds. The minimum absolute atomic E-state index is 0.0286. The first-order valence-corrected chi connectivity index (χ1v) is 7.40. The van der Waals surface area contributed by atoms with Gasteiger partial charge in [-0.3, -0.25) is 0 Å². The summed E-state index contributed by atoms with van der Waals surface area (Å²) in [6, 6.07) is 12.2. The molecule has 3 heteroatoms. The predicted molar refractivity (Wildman–Crippen MR) is 82.3 cm³/mol. The average molecular weight is 289 g/mol. The average Bonchev–Trinajstić information content (AvgIpc) is 2.49. The van der Waals surface area contributed by atoms with Gasteiger partial charge in [-0.25, -0.2) is 8.78 Å². The minimum atomic E-state index is -0.538. The number of likely N-dealkylation sites (N-methyl/N-ethyl adjacent to an activating group) is 1. The maximum absolute atomic E-state index is 13.8. The molecule has 2 rings (SSSR count). The highest BCUT2D eigenvalue weighted by molar-refractivity contribution is 5.28. The van der Waals surface area contributed by atoms with Gasteiger partial charge in [0.2, 0.25) is 0 Å². The molecular formula is C18H21F2N. The van der Waals surface area contributed by atoms with Crippen LogP contribution in [0.15, 0.2) is 42.5 Å². The molecule has 21 heavy (non-hydrogen) atoms. The van der Waals surface area contributed by atoms with Crippen LogP contribution in [0.1, 0.15) is 36.6 Å². The summed E-state index contributed by atoms with van der Waals surface area (Å²) < 4.78 is 26.8. The summed E-state index contributed by atoms with van der Waals surface area (Å²) in [4.78, 5) is 0. The second-order valence-electron chi connectivity index (χ2n) is 5.15. The van der Waals surface area contributed by atoms with Crippen molar-refractivity contribution >= 4 is 0 Å². The highest BCUT2D eigenvalue weighted by Gasteiger charge is 2.14. The van der Waals surface area contributed by atoms with Crippen molar-refractivity contribution in [1.82, 2.24) is 5.32 Å². The molecule has 1 N–H and O–H groups in total. The number of rotatable bonds is 6. The molecule has 112 valence electrons. The molecule has 2 aromatic carbocycles. The summed E-state index contributed by atoms with van der Waals surface area (Å²) in [5.41, 5.74) is 2.93. The zero-order valence-electron chi connectivity index (χ0n) is 12.5. The second kappa shape index (κ2) is 7.32. The van der Waals surface area contributed by atoms with Crippen LogP contribution in [0.4, 0.5) is 8.78 Å². The normalized spacial score (nSPS) is 12.4. The van der Waals surface area contributed by atoms with Crippen molar-refractivity contribution in [3.05, 3.63) is 70.8 Å². The maximum atomic E-state index is 13.8. The molecule has 0 aliphatic rings. The molecule has 1 unspecified atom stereocenters. The fourth-order valence-electron chi connectivity index (χ4n) is 2.45. The van der Waals surface area contributed by atoms with Crippen molar-refractivity contribution in [2.45, 2.75) is 32.7 Å². The Morgan fingerprint density at radius 3 is 2.29 bits per heavy atom. The van der Waals surface area contributed by atoms with Crippen molar-refractivity contribution in [3.8, 4) is 0 Å². The van der Waals surface area contributed by atoms with E-state index in [0.29, 0.717) is 12.0 Å². The van der Waals surface area contributed by atoms with E-state index in [9.17, 15) is 8.78 Å². The first kappa shape index (κ1) is 15.6. The Labute approximate surface area is 125 Å². The van der Waals surface area contributed by atoms with Crippen molar-refractivity contribution in [2.75, 3.05) is 6.54 Å². The van der Waals surface area contributed by atoms with Crippen LogP contribution in [0.25, 0.3) is 0 Å². The van der Waals surface area contributed by atoms with E-state index >= 15 is 0 Å². The van der Waals surface area contributed by atoms with Crippen LogP contribution < -0.4 is 5.32 Å². The van der Waals surface area contributed by atoms with Gasteiger partial charge in [0, 0.05) is 12.1 Å². The predicted octanol–water partition coefficient (Wildman–Crippen LogP) is 4.42. The molecule has 0 aliphatic heterocycles. The van der Waals surface area contributed by atoms with E-state index in [1.165, 1.54) is 17.7 Å². The number of halogens is 2. The Morgan fingerprint density at radius 1 is 1.00 bits per heavy atom. The highest BCUT2D eigenvalue weighted by atomic mass is 19.1. The van der Waals surface area contributed by atoms with Gasteiger partial charge in [0.15, 0.2) is 0 Å². The van der Waals surface area contributed by atoms with Gasteiger partial charge in [-0.1, -0.05) is 44.2 Å². The Bertz CT molecular complexity index is 578. The van der Waals surface area contributed by atoms with Gasteiger partial charge in [-0.15, -0.1) is 0 Å². The van der Waals surface area contributed by atoms with Crippen LogP contribution >= 0.6 is 0 Å². The van der Waals surface area contributed by atoms with Gasteiger partial charge in [0.25, 0.3) is 0 Å². The van der Waals surface area contributed by atoms with Gasteiger partial charge >= 0.3 is 0 Å². The van der Waals surface area contributed by atoms with E-state index in [2.05, 4.69) is 36.5 Å². The van der Waals surface area contributed by atoms with E-state index in [-0.39, 0.29) is 6.04 Å². The number of nitrogens with one attached hydrogen (secondary N) is 1. The molecule has 0 aromatic heterocycles. The Balaban J connectivity index is 2.21. The first-order chi connectivity index (χ1) is 10.1. The second-order valence-corrected chi connectivity index (χ2v) is 5.15. The van der Waals surface area contributed by atoms with Crippen molar-refractivity contribution in [1.29, 1.82) is 0 Å². The van der Waals surface area contributed by atoms with Crippen LogP contribution in [0, 0.1) is 11.6 Å². The number of hydrogen-bond acceptors (Lipinski definition) is 1. The van der Waals surface area contributed by atoms with Crippen LogP contribution in [0.2, 0.25) is 0 Å². The zero-order valence-corrected chi connectivity index (χ0v) is 12.5. The van der Waals surface area contributed by atoms with E-state index in [1.54, 1.807) is 0 Å². The van der Waals surface area contributed by atoms with Gasteiger partial charge in [0.1, 0.15) is 11.6 Å². The summed E-state index contributed by atoms with van der Waals surface area (Å²) in [5.74, 6) is -1.02. The van der Waals surface area contributed by atoms with Crippen LogP contribution in [-0.4, -0.2) is 6.54 Å². The summed E-state index contributed by atoms with van der Waals surface area (Å²) in [6.07, 6.45) is 1.50. The smallest absolute Gasteiger partial charge is 0.129 e. The molecule has 0 saturated heterocycles. The van der Waals surface area contributed by atoms with Crippen LogP contribution in [0.3, 0.4) is 0 Å². The topological polar surface area (TPSA) is 12.0 Å². The summed E-state index contributed by atoms with van der Waals surface area (Å²) in [5, 5.41) is 3.37. The monoisotopic (exact) mass is 289 g/mol. The van der Waals surface area contributed by atoms with Crippen molar-refractivity contribution < 1.29 is 8.78 Å². The lowest BCUT2D eigenvalue weighted by Crippen LogP contribution is -2.23. The summed E-state index contributed by atoms with van der Waals surface area (Å²) >= 11 is 0. The molecule has 0 saturated carbocycles. The standard InChI is InChI=1S/C18H21F2N/c1-3-13-5-7-14(8-6-13)18(21-4-2)11-15-9-10-16(19)12-17(15)20/h5-10,12,18,21H,3-4,11H2,1-2H3. The summed E-state index contributed by atoms with van der Waals surface area (Å²) in [6.45, 7) is 4.93. The van der Waals surface area contributed by atoms with E-state index in [4.69, 9.17) is 0 Å². The Kier molecular flexibility index (Phi) is 5.45. The minimum Gasteiger partial charge on any atom is -0.310 e. The molecule has 0 heterocycles. The van der Waals surface area contributed by atoms with Crippen LogP contribution in [-0.2, 0) is 12.8 Å². The lowest BCUT2D eigenvalue weighted by molar-refractivity contribution is 0.521. The highest BCUT2D eigenvalue weighted by Crippen LogP contribution is 2.21. The molecule has 1 atom stereocenters. The molecule has 0 aliphatic carbocycles. The number of aryl methyl sites for hydroxylation is 1. The third-order valence-electron chi connectivity index (χ3n) is 3.68. The molecule has 0 radical (unpaired) electrons. The lowest BCUT2D eigenvalue weighted by Gasteiger charge is -2.19. The number of hydrogen-bond donors (Lipinski definition) is 1. The fourth-order valence-corrected chi connectivity index (χ4v) is 2.45. The maximum Gasteiger partial charge on any atom is 0.129 e. The third kappa shape index (κ3) is 4.11. The van der Waals surface area contributed by atoms with Gasteiger partial charge in [-0.2, -0.15) is 0 Å². The zero-order chi connectivity index (χ0) is 15.2. The summed E-state index contributed by atoms with van der Waals surface area (Å²) in [7, 11) is 0. The van der Waals surface area contributed by atoms with E-state index in [1.807, 2.05) is 6.92 Å². The SMILES string of the molecule is CCNC(Cc1ccc(F)cc1F)c1ccc(CC)cc1. The van der Waals surface area contributed by atoms with E-state index < -0.39 is 11.6 Å². The molecule has 1 nitrogen and oxygen atoms in total. The van der Waals surface area contributed by atoms with Gasteiger partial charge in [0.05, 0.1) is 0 Å². The molecule has 2 aromatic rings. The number of benzene rings is 2. The lowest BCUT2D eigenvalue weighted by atomic mass is 9.97. The Morgan fingerprint density at radius 2 is 1.71 bits per heavy atom. The Hall–Kier alpha value is -1.74. The molecule has 0 spiro atoms. The molecule has 0 bridgehead atoms.